The molecule has 1 nitrogen and oxygen atoms in total. The monoisotopic (exact) mass is 152 g/mol. The first-order valence-corrected chi connectivity index (χ1v) is 3.36. The van der Waals surface area contributed by atoms with Gasteiger partial charge in [0.05, 0.1) is 6.61 Å². The van der Waals surface area contributed by atoms with Gasteiger partial charge in [0.1, 0.15) is 5.82 Å². The zero-order valence-electron chi connectivity index (χ0n) is 6.00. The Balaban J connectivity index is 2.73. The maximum Gasteiger partial charge on any atom is 0.123 e. The summed E-state index contributed by atoms with van der Waals surface area (Å²) in [5.74, 6) is -0.244. The topological polar surface area (TPSA) is 20.2 Å². The number of aliphatic hydroxyl groups is 1. The van der Waals surface area contributed by atoms with Crippen LogP contribution in [0.1, 0.15) is 5.56 Å². The highest BCUT2D eigenvalue weighted by atomic mass is 19.1. The normalized spacial score (nSPS) is 10.7. The van der Waals surface area contributed by atoms with E-state index in [4.69, 9.17) is 5.11 Å². The third kappa shape index (κ3) is 2.51. The molecule has 0 spiro atoms. The minimum Gasteiger partial charge on any atom is -0.392 e. The van der Waals surface area contributed by atoms with Crippen molar-refractivity contribution in [2.45, 2.75) is 0 Å². The van der Waals surface area contributed by atoms with Crippen LogP contribution in [0.2, 0.25) is 0 Å². The number of halogens is 1. The highest BCUT2D eigenvalue weighted by Crippen LogP contribution is 2.03. The zero-order valence-corrected chi connectivity index (χ0v) is 6.00. The first-order chi connectivity index (χ1) is 5.33. The molecule has 58 valence electrons. The molecule has 0 aliphatic heterocycles. The Kier molecular flexibility index (Phi) is 2.81. The summed E-state index contributed by atoms with van der Waals surface area (Å²) in [6.07, 6.45) is 3.34. The van der Waals surface area contributed by atoms with E-state index in [-0.39, 0.29) is 12.4 Å². The van der Waals surface area contributed by atoms with Crippen molar-refractivity contribution in [3.63, 3.8) is 0 Å². The summed E-state index contributed by atoms with van der Waals surface area (Å²) in [4.78, 5) is 0. The summed E-state index contributed by atoms with van der Waals surface area (Å²) in [7, 11) is 0. The third-order valence-electron chi connectivity index (χ3n) is 1.29. The van der Waals surface area contributed by atoms with Crippen LogP contribution in [-0.2, 0) is 0 Å². The van der Waals surface area contributed by atoms with E-state index in [2.05, 4.69) is 0 Å². The van der Waals surface area contributed by atoms with Gasteiger partial charge in [-0.15, -0.1) is 0 Å². The van der Waals surface area contributed by atoms with Gasteiger partial charge in [-0.1, -0.05) is 24.3 Å². The molecular formula is C9H9FO. The van der Waals surface area contributed by atoms with Crippen molar-refractivity contribution in [1.82, 2.24) is 0 Å². The molecule has 0 aliphatic carbocycles. The smallest absolute Gasteiger partial charge is 0.123 e. The lowest BCUT2D eigenvalue weighted by Gasteiger charge is -1.90. The van der Waals surface area contributed by atoms with Crippen molar-refractivity contribution in [2.75, 3.05) is 6.61 Å². The number of rotatable bonds is 2. The molecule has 0 fully saturated rings. The van der Waals surface area contributed by atoms with Crippen molar-refractivity contribution >= 4 is 6.08 Å². The highest BCUT2D eigenvalue weighted by molar-refractivity contribution is 5.48. The Labute approximate surface area is 64.8 Å². The molecule has 1 rings (SSSR count). The molecule has 1 aromatic rings. The van der Waals surface area contributed by atoms with Crippen LogP contribution in [0.3, 0.4) is 0 Å². The van der Waals surface area contributed by atoms with Crippen LogP contribution in [0, 0.1) is 5.82 Å². The Morgan fingerprint density at radius 3 is 2.45 bits per heavy atom. The lowest BCUT2D eigenvalue weighted by Crippen LogP contribution is -1.75. The van der Waals surface area contributed by atoms with Crippen molar-refractivity contribution in [2.24, 2.45) is 0 Å². The second kappa shape index (κ2) is 3.88. The number of hydrogen-bond donors (Lipinski definition) is 1. The van der Waals surface area contributed by atoms with Crippen LogP contribution in [0.15, 0.2) is 30.3 Å². The maximum absolute atomic E-state index is 12.3. The fraction of sp³-hybridized carbons (Fsp3) is 0.111. The van der Waals surface area contributed by atoms with Gasteiger partial charge < -0.3 is 5.11 Å². The van der Waals surface area contributed by atoms with Crippen LogP contribution in [-0.4, -0.2) is 11.7 Å². The predicted molar refractivity (Wildman–Crippen MR) is 42.5 cm³/mol. The summed E-state index contributed by atoms with van der Waals surface area (Å²) in [6, 6.07) is 6.08. The van der Waals surface area contributed by atoms with Gasteiger partial charge in [0.15, 0.2) is 0 Å². The van der Waals surface area contributed by atoms with Crippen LogP contribution < -0.4 is 0 Å². The summed E-state index contributed by atoms with van der Waals surface area (Å²) in [5.41, 5.74) is 0.889. The van der Waals surface area contributed by atoms with E-state index in [1.165, 1.54) is 12.1 Å². The summed E-state index contributed by atoms with van der Waals surface area (Å²) in [6.45, 7) is 0.0113. The predicted octanol–water partition coefficient (Wildman–Crippen LogP) is 1.83. The molecule has 2 heteroatoms. The molecule has 0 saturated heterocycles. The molecule has 0 radical (unpaired) electrons. The van der Waals surface area contributed by atoms with Gasteiger partial charge in [0.2, 0.25) is 0 Å². The van der Waals surface area contributed by atoms with Crippen LogP contribution in [0.25, 0.3) is 6.08 Å². The SMILES string of the molecule is OC/C=C/c1ccc(F)cc1. The fourth-order valence-corrected chi connectivity index (χ4v) is 0.763. The quantitative estimate of drug-likeness (QED) is 0.685. The molecule has 0 atom stereocenters. The Morgan fingerprint density at radius 1 is 1.27 bits per heavy atom. The summed E-state index contributed by atoms with van der Waals surface area (Å²) < 4.78 is 12.3. The van der Waals surface area contributed by atoms with E-state index < -0.39 is 0 Å². The molecule has 1 N–H and O–H groups in total. The Bertz CT molecular complexity index is 238. The van der Waals surface area contributed by atoms with Gasteiger partial charge in [-0.25, -0.2) is 4.39 Å². The average molecular weight is 152 g/mol. The molecule has 0 aliphatic rings. The molecule has 0 bridgehead atoms. The van der Waals surface area contributed by atoms with Crippen molar-refractivity contribution in [3.05, 3.63) is 41.7 Å². The number of aliphatic hydroxyl groups excluding tert-OH is 1. The van der Waals surface area contributed by atoms with E-state index >= 15 is 0 Å². The minimum atomic E-state index is -0.244. The standard InChI is InChI=1S/C9H9FO/c10-9-5-3-8(4-6-9)2-1-7-11/h1-6,11H,7H2/b2-1+. The van der Waals surface area contributed by atoms with E-state index in [1.807, 2.05) is 0 Å². The first kappa shape index (κ1) is 7.95. The average Bonchev–Trinajstić information content (AvgIpc) is 2.04. The molecule has 0 amide bonds. The highest BCUT2D eigenvalue weighted by Gasteiger charge is 1.87. The van der Waals surface area contributed by atoms with Crippen LogP contribution in [0.5, 0.6) is 0 Å². The molecule has 0 aromatic heterocycles. The van der Waals surface area contributed by atoms with Crippen molar-refractivity contribution in [1.29, 1.82) is 0 Å². The van der Waals surface area contributed by atoms with Crippen LogP contribution >= 0.6 is 0 Å². The first-order valence-electron chi connectivity index (χ1n) is 3.36. The second-order valence-electron chi connectivity index (χ2n) is 2.14. The van der Waals surface area contributed by atoms with E-state index in [0.717, 1.165) is 5.56 Å². The Hall–Kier alpha value is -1.15. The van der Waals surface area contributed by atoms with Gasteiger partial charge in [-0.05, 0) is 17.7 Å². The Morgan fingerprint density at radius 2 is 1.91 bits per heavy atom. The fourth-order valence-electron chi connectivity index (χ4n) is 0.763. The van der Waals surface area contributed by atoms with Gasteiger partial charge >= 0.3 is 0 Å². The molecule has 1 aromatic carbocycles. The molecule has 11 heavy (non-hydrogen) atoms. The van der Waals surface area contributed by atoms with Crippen molar-refractivity contribution < 1.29 is 9.50 Å². The number of benzene rings is 1. The third-order valence-corrected chi connectivity index (χ3v) is 1.29. The van der Waals surface area contributed by atoms with E-state index in [0.29, 0.717) is 0 Å². The van der Waals surface area contributed by atoms with Gasteiger partial charge in [0.25, 0.3) is 0 Å². The van der Waals surface area contributed by atoms with E-state index in [9.17, 15) is 4.39 Å². The zero-order chi connectivity index (χ0) is 8.10. The van der Waals surface area contributed by atoms with Crippen molar-refractivity contribution in [3.8, 4) is 0 Å². The van der Waals surface area contributed by atoms with E-state index in [1.54, 1.807) is 24.3 Å². The minimum absolute atomic E-state index is 0.0113. The number of hydrogen-bond acceptors (Lipinski definition) is 1. The summed E-state index contributed by atoms with van der Waals surface area (Å²) in [5, 5.41) is 8.42. The maximum atomic E-state index is 12.3. The lowest BCUT2D eigenvalue weighted by molar-refractivity contribution is 0.343. The van der Waals surface area contributed by atoms with Gasteiger partial charge in [0, 0.05) is 0 Å². The molecular weight excluding hydrogens is 143 g/mol. The summed E-state index contributed by atoms with van der Waals surface area (Å²) >= 11 is 0. The molecule has 0 unspecified atom stereocenters. The molecule has 0 saturated carbocycles. The molecule has 0 heterocycles. The van der Waals surface area contributed by atoms with Gasteiger partial charge in [-0.3, -0.25) is 0 Å². The van der Waals surface area contributed by atoms with Crippen LogP contribution in [0.4, 0.5) is 4.39 Å². The van der Waals surface area contributed by atoms with Gasteiger partial charge in [-0.2, -0.15) is 0 Å². The lowest BCUT2D eigenvalue weighted by atomic mass is 10.2. The second-order valence-corrected chi connectivity index (χ2v) is 2.14. The largest absolute Gasteiger partial charge is 0.392 e.